The Morgan fingerprint density at radius 1 is 0.708 bits per heavy atom. The van der Waals surface area contributed by atoms with Crippen LogP contribution in [0.2, 0.25) is 0 Å². The number of esters is 1. The van der Waals surface area contributed by atoms with Crippen LogP contribution in [0.25, 0.3) is 5.32 Å². The van der Waals surface area contributed by atoms with Gasteiger partial charge in [-0.25, -0.2) is 4.99 Å². The van der Waals surface area contributed by atoms with E-state index < -0.39 is 145 Å². The predicted octanol–water partition coefficient (Wildman–Crippen LogP) is -4.18. The Labute approximate surface area is 381 Å². The van der Waals surface area contributed by atoms with Gasteiger partial charge in [0.05, 0.1) is 29.6 Å². The van der Waals surface area contributed by atoms with E-state index in [1.165, 1.54) is 39.0 Å². The van der Waals surface area contributed by atoms with Crippen LogP contribution in [0.4, 0.5) is 0 Å². The van der Waals surface area contributed by atoms with Crippen LogP contribution < -0.4 is 35.7 Å². The van der Waals surface area contributed by atoms with Crippen LogP contribution in [-0.4, -0.2) is 76.5 Å². The van der Waals surface area contributed by atoms with Gasteiger partial charge in [-0.3, -0.25) is 14.8 Å². The number of allylic oxidation sites excluding steroid dienone is 6. The van der Waals surface area contributed by atoms with Crippen molar-refractivity contribution >= 4 is 64.9 Å². The van der Waals surface area contributed by atoms with Gasteiger partial charge in [-0.15, -0.1) is 0 Å². The summed E-state index contributed by atoms with van der Waals surface area (Å²) in [7, 11) is 0. The van der Waals surface area contributed by atoms with E-state index >= 15 is 0 Å². The van der Waals surface area contributed by atoms with Crippen molar-refractivity contribution in [2.75, 3.05) is 0 Å². The number of hydrogen-bond acceptors (Lipinski definition) is 19. The van der Waals surface area contributed by atoms with Crippen LogP contribution in [0, 0.1) is 28.1 Å². The number of rotatable bonds is 18. The quantitative estimate of drug-likeness (QED) is 0.118. The Bertz CT molecular complexity index is 2430. The maximum Gasteiger partial charge on any atom is 0.306 e. The van der Waals surface area contributed by atoms with Crippen LogP contribution in [0.15, 0.2) is 72.7 Å². The number of hydrogen-bond donors (Lipinski definition) is 0. The number of carbonyl (C=O) groups excluding carboxylic acids is 8. The standard InChI is InChI=1S/C44H50N4O16.Co/c1-20-44-40-25(14-37(59)60)41(2,12-11-35(55)56)30(47-40)16-27-21(5-8-32(49)50)22(13-36(57)58)26(45-27)15-28-23(6-9-33(51)52)42(3,18-38(61)62)31(46-28)17-29(48-44)24(7-10-34(53)54)43(44,4)19-39(63)64-20;/h15-17,20,23-24H,5-14,18-19H2,1-4H3,(H8,45,46,47,48,49,50,51,52,53,54,55,56,57,58,59,60,61,62);/p-8/t20?,23-,24-,41-,42+,43+,44?;/m1./s1. The molecule has 2 saturated heterocycles. The van der Waals surface area contributed by atoms with Crippen molar-refractivity contribution in [1.29, 1.82) is 0 Å². The Morgan fingerprint density at radius 3 is 1.88 bits per heavy atom. The maximum atomic E-state index is 13.5. The summed E-state index contributed by atoms with van der Waals surface area (Å²) in [5.41, 5.74) is -7.24. The van der Waals surface area contributed by atoms with Gasteiger partial charge < -0.3 is 79.4 Å². The number of carboxylic acid groups (broad SMARTS) is 7. The van der Waals surface area contributed by atoms with Gasteiger partial charge in [-0.1, -0.05) is 26.8 Å². The van der Waals surface area contributed by atoms with Gasteiger partial charge in [0.1, 0.15) is 0 Å². The van der Waals surface area contributed by atoms with E-state index in [4.69, 9.17) is 25.0 Å². The minimum atomic E-state index is -1.91. The third kappa shape index (κ3) is 9.07. The molecule has 6 rings (SSSR count). The summed E-state index contributed by atoms with van der Waals surface area (Å²) in [6.07, 6.45) is -4.17. The summed E-state index contributed by atoms with van der Waals surface area (Å²) in [6.45, 7) is 6.03. The molecule has 6 aliphatic heterocycles. The SMILES string of the molecule is CC1OC(=O)C[C@@]2(C)[C@H](CCC(=O)[O-])/C3=C/C4=NC(=C\C5=NC(=C\C6=NC(=C(CC(=O)[O-])[C@@]6(C)CCC(=O)[O-])C12[N-]3)/C(CCC(=O)[O-])=C5CC(=O)[O-])/[C@@H](CCC(=O)[O-])[C@]4(C)CC(=O)[O-].[Co]. The second kappa shape index (κ2) is 18.3. The number of cyclic esters (lactones) is 1. The summed E-state index contributed by atoms with van der Waals surface area (Å²) in [4.78, 5) is 114. The molecule has 7 atom stereocenters. The molecule has 351 valence electrons. The zero-order chi connectivity index (χ0) is 47.3. The van der Waals surface area contributed by atoms with Crippen LogP contribution in [0.5, 0.6) is 0 Å². The molecule has 6 heterocycles. The van der Waals surface area contributed by atoms with Crippen molar-refractivity contribution in [1.82, 2.24) is 0 Å². The zero-order valence-electron chi connectivity index (χ0n) is 35.6. The van der Waals surface area contributed by atoms with Crippen LogP contribution in [0.1, 0.15) is 105 Å². The van der Waals surface area contributed by atoms with Gasteiger partial charge in [0.25, 0.3) is 0 Å². The van der Waals surface area contributed by atoms with Crippen LogP contribution >= 0.6 is 0 Å². The normalized spacial score (nSPS) is 32.2. The predicted molar refractivity (Wildman–Crippen MR) is 204 cm³/mol. The Balaban J connectivity index is 0.00000793. The van der Waals surface area contributed by atoms with Crippen molar-refractivity contribution in [3.05, 3.63) is 63.1 Å². The van der Waals surface area contributed by atoms with Gasteiger partial charge >= 0.3 is 5.97 Å². The number of ether oxygens (including phenoxy) is 1. The largest absolute Gasteiger partial charge is 0.674 e. The monoisotopic (exact) mass is 941 g/mol. The molecule has 1 spiro atoms. The van der Waals surface area contributed by atoms with E-state index in [-0.39, 0.29) is 92.7 Å². The number of carbonyl (C=O) groups is 8. The van der Waals surface area contributed by atoms with Gasteiger partial charge in [0.15, 0.2) is 0 Å². The molecule has 2 fully saturated rings. The fraction of sp³-hybridized carbons (Fsp3) is 0.523. The molecule has 6 aliphatic rings. The molecule has 0 amide bonds. The molecule has 0 aliphatic carbocycles. The summed E-state index contributed by atoms with van der Waals surface area (Å²) in [5.74, 6) is -13.8. The van der Waals surface area contributed by atoms with E-state index in [1.54, 1.807) is 6.92 Å². The van der Waals surface area contributed by atoms with E-state index in [1.807, 2.05) is 0 Å². The number of aliphatic imine (C=N–C) groups is 3. The van der Waals surface area contributed by atoms with Crippen LogP contribution in [0.3, 0.4) is 0 Å². The maximum absolute atomic E-state index is 13.5. The van der Waals surface area contributed by atoms with Gasteiger partial charge in [-0.2, -0.15) is 5.70 Å². The molecule has 8 bridgehead atoms. The first kappa shape index (κ1) is 49.8. The molecular weight excluding hydrogens is 899 g/mol. The third-order valence-electron chi connectivity index (χ3n) is 13.7. The smallest absolute Gasteiger partial charge is 0.306 e. The third-order valence-corrected chi connectivity index (χ3v) is 13.7. The molecule has 65 heavy (non-hydrogen) atoms. The molecule has 20 nitrogen and oxygen atoms in total. The van der Waals surface area contributed by atoms with Crippen molar-refractivity contribution in [3.8, 4) is 0 Å². The second-order valence-electron chi connectivity index (χ2n) is 17.6. The fourth-order valence-electron chi connectivity index (χ4n) is 10.6. The Hall–Kier alpha value is -6.22. The van der Waals surface area contributed by atoms with E-state index in [9.17, 15) is 74.1 Å². The zero-order valence-corrected chi connectivity index (χ0v) is 36.6. The van der Waals surface area contributed by atoms with E-state index in [0.29, 0.717) is 0 Å². The first-order valence-electron chi connectivity index (χ1n) is 20.6. The molecule has 21 heteroatoms. The van der Waals surface area contributed by atoms with Crippen molar-refractivity contribution < 1.29 is 95.6 Å². The molecular formula is C44H42CoN4O16-8. The second-order valence-corrected chi connectivity index (χ2v) is 17.6. The minimum absolute atomic E-state index is 0. The number of fused-ring (bicyclic) bond motifs is 4. The van der Waals surface area contributed by atoms with Crippen molar-refractivity contribution in [2.24, 2.45) is 43.1 Å². The first-order valence-corrected chi connectivity index (χ1v) is 20.6. The van der Waals surface area contributed by atoms with Crippen molar-refractivity contribution in [3.63, 3.8) is 0 Å². The topological polar surface area (TPSA) is 358 Å². The molecule has 0 aromatic heterocycles. The molecule has 0 saturated carbocycles. The Kier molecular flexibility index (Phi) is 14.0. The number of carboxylic acids is 7. The summed E-state index contributed by atoms with van der Waals surface area (Å²) < 4.78 is 5.86. The number of nitrogens with zero attached hydrogens (tertiary/aromatic N) is 4. The fourth-order valence-corrected chi connectivity index (χ4v) is 10.6. The van der Waals surface area contributed by atoms with E-state index in [2.05, 4.69) is 0 Å². The van der Waals surface area contributed by atoms with Gasteiger partial charge in [0.2, 0.25) is 0 Å². The summed E-state index contributed by atoms with van der Waals surface area (Å²) >= 11 is 0. The minimum Gasteiger partial charge on any atom is -0.674 e. The molecule has 0 aromatic carbocycles. The Morgan fingerprint density at radius 2 is 1.31 bits per heavy atom. The van der Waals surface area contributed by atoms with Gasteiger partial charge in [-0.05, 0) is 110 Å². The van der Waals surface area contributed by atoms with Gasteiger partial charge in [0, 0.05) is 105 Å². The average molecular weight is 942 g/mol. The molecule has 0 aromatic rings. The molecule has 0 N–H and O–H groups in total. The molecule has 2 unspecified atom stereocenters. The van der Waals surface area contributed by atoms with E-state index in [0.717, 1.165) is 0 Å². The average Bonchev–Trinajstić information content (AvgIpc) is 3.78. The summed E-state index contributed by atoms with van der Waals surface area (Å²) in [6, 6.07) is 0. The summed E-state index contributed by atoms with van der Waals surface area (Å²) in [5, 5.41) is 91.0. The number of aliphatic carboxylic acids is 7. The molecule has 1 radical (unpaired) electrons. The van der Waals surface area contributed by atoms with Crippen molar-refractivity contribution in [2.45, 2.75) is 116 Å². The van der Waals surface area contributed by atoms with Crippen LogP contribution in [-0.2, 0) is 59.9 Å². The first-order chi connectivity index (χ1) is 29.9.